The SMILES string of the molecule is COc1cc2c(Nc3ccc(OCCl)cc3OCCl)c(C#N)cnc2cc1-c1coc(CN2CCN(C3CCCCC3)CC2)c1. The largest absolute Gasteiger partial charge is 0.496 e. The number of pyridine rings is 1. The highest BCUT2D eigenvalue weighted by molar-refractivity contribution is 6.17. The van der Waals surface area contributed by atoms with Gasteiger partial charge in [-0.2, -0.15) is 5.26 Å². The van der Waals surface area contributed by atoms with E-state index in [9.17, 15) is 5.26 Å². The van der Waals surface area contributed by atoms with Gasteiger partial charge in [0.1, 0.15) is 29.1 Å². The Kier molecular flexibility index (Phi) is 10.2. The van der Waals surface area contributed by atoms with Crippen molar-refractivity contribution in [3.8, 4) is 34.4 Å². The van der Waals surface area contributed by atoms with Crippen molar-refractivity contribution in [2.24, 2.45) is 0 Å². The van der Waals surface area contributed by atoms with Crippen molar-refractivity contribution in [3.63, 3.8) is 0 Å². The summed E-state index contributed by atoms with van der Waals surface area (Å²) in [6, 6.07) is 14.1. The molecule has 1 saturated carbocycles. The van der Waals surface area contributed by atoms with Gasteiger partial charge in [0.15, 0.2) is 12.1 Å². The van der Waals surface area contributed by atoms with Crippen LogP contribution in [0.5, 0.6) is 17.2 Å². The number of hydrogen-bond acceptors (Lipinski definition) is 9. The predicted octanol–water partition coefficient (Wildman–Crippen LogP) is 7.72. The molecule has 1 aliphatic heterocycles. The van der Waals surface area contributed by atoms with E-state index in [1.807, 2.05) is 12.1 Å². The van der Waals surface area contributed by atoms with Crippen LogP contribution >= 0.6 is 23.2 Å². The zero-order valence-corrected chi connectivity index (χ0v) is 26.9. The van der Waals surface area contributed by atoms with E-state index >= 15 is 0 Å². The molecule has 0 radical (unpaired) electrons. The zero-order chi connectivity index (χ0) is 31.2. The highest BCUT2D eigenvalue weighted by Gasteiger charge is 2.26. The number of alkyl halides is 2. The van der Waals surface area contributed by atoms with Gasteiger partial charge in [-0.3, -0.25) is 14.8 Å². The van der Waals surface area contributed by atoms with Crippen molar-refractivity contribution in [3.05, 3.63) is 60.2 Å². The summed E-state index contributed by atoms with van der Waals surface area (Å²) in [4.78, 5) is 9.77. The van der Waals surface area contributed by atoms with Crippen LogP contribution < -0.4 is 19.5 Å². The summed E-state index contributed by atoms with van der Waals surface area (Å²) < 4.78 is 22.9. The molecule has 1 aliphatic carbocycles. The zero-order valence-electron chi connectivity index (χ0n) is 25.4. The summed E-state index contributed by atoms with van der Waals surface area (Å²) in [5.74, 6) is 2.54. The second kappa shape index (κ2) is 14.6. The van der Waals surface area contributed by atoms with E-state index in [4.69, 9.17) is 41.8 Å². The fraction of sp³-hybridized carbons (Fsp3) is 0.412. The molecule has 0 bridgehead atoms. The first kappa shape index (κ1) is 31.3. The van der Waals surface area contributed by atoms with Gasteiger partial charge in [-0.1, -0.05) is 42.5 Å². The number of nitrogens with one attached hydrogen (secondary N) is 1. The molecular weight excluding hydrogens is 613 g/mol. The van der Waals surface area contributed by atoms with Gasteiger partial charge in [0.25, 0.3) is 0 Å². The number of halogens is 2. The molecule has 11 heteroatoms. The van der Waals surface area contributed by atoms with Crippen molar-refractivity contribution >= 4 is 45.5 Å². The van der Waals surface area contributed by atoms with E-state index < -0.39 is 0 Å². The second-order valence-corrected chi connectivity index (χ2v) is 11.9. The molecule has 6 rings (SSSR count). The number of fused-ring (bicyclic) bond motifs is 1. The highest BCUT2D eigenvalue weighted by atomic mass is 35.5. The molecule has 2 fully saturated rings. The first-order chi connectivity index (χ1) is 22.1. The molecule has 236 valence electrons. The Morgan fingerprint density at radius 2 is 1.80 bits per heavy atom. The molecule has 4 aromatic rings. The predicted molar refractivity (Wildman–Crippen MR) is 177 cm³/mol. The van der Waals surface area contributed by atoms with E-state index in [0.717, 1.165) is 55.7 Å². The number of nitriles is 1. The van der Waals surface area contributed by atoms with Crippen molar-refractivity contribution in [1.82, 2.24) is 14.8 Å². The third-order valence-electron chi connectivity index (χ3n) is 8.80. The summed E-state index contributed by atoms with van der Waals surface area (Å²) in [5.41, 5.74) is 4.00. The molecule has 0 spiro atoms. The van der Waals surface area contributed by atoms with Crippen LogP contribution in [0.1, 0.15) is 43.4 Å². The number of anilines is 2. The maximum atomic E-state index is 9.95. The molecule has 0 unspecified atom stereocenters. The first-order valence-corrected chi connectivity index (χ1v) is 16.4. The lowest BCUT2D eigenvalue weighted by molar-refractivity contribution is 0.0722. The lowest BCUT2D eigenvalue weighted by Gasteiger charge is -2.40. The van der Waals surface area contributed by atoms with Gasteiger partial charge in [-0.25, -0.2) is 0 Å². The summed E-state index contributed by atoms with van der Waals surface area (Å²) in [7, 11) is 1.63. The molecule has 0 amide bonds. The summed E-state index contributed by atoms with van der Waals surface area (Å²) in [6.07, 6.45) is 10.2. The average molecular weight is 651 g/mol. The molecule has 2 aromatic heterocycles. The Morgan fingerprint density at radius 3 is 2.53 bits per heavy atom. The third kappa shape index (κ3) is 7.10. The number of aromatic nitrogens is 1. The van der Waals surface area contributed by atoms with Gasteiger partial charge in [0, 0.05) is 61.0 Å². The standard InChI is InChI=1S/C34H37Cl2N5O4/c1-42-32-16-29-31(38-18-24(17-37)34(29)39-30-8-7-26(44-21-35)14-33(30)45-22-36)15-28(32)23-13-27(43-20-23)19-40-9-11-41(12-10-40)25-5-3-2-4-6-25/h7-8,13-16,18,20,25H,2-6,9-12,19,21-22H2,1H3,(H,38,39). The molecule has 45 heavy (non-hydrogen) atoms. The van der Waals surface area contributed by atoms with Crippen LogP contribution in [0.4, 0.5) is 11.4 Å². The Bertz CT molecular complexity index is 1660. The number of rotatable bonds is 11. The molecule has 2 aromatic carbocycles. The maximum Gasteiger partial charge on any atom is 0.162 e. The van der Waals surface area contributed by atoms with E-state index in [1.54, 1.807) is 37.8 Å². The Balaban J connectivity index is 1.24. The number of nitrogens with zero attached hydrogens (tertiary/aromatic N) is 4. The van der Waals surface area contributed by atoms with Crippen molar-refractivity contribution in [2.45, 2.75) is 44.7 Å². The Hall–Kier alpha value is -3.68. The van der Waals surface area contributed by atoms with Gasteiger partial charge in [-0.05, 0) is 43.2 Å². The molecule has 3 heterocycles. The van der Waals surface area contributed by atoms with Gasteiger partial charge in [-0.15, -0.1) is 0 Å². The maximum absolute atomic E-state index is 9.95. The first-order valence-electron chi connectivity index (χ1n) is 15.3. The minimum atomic E-state index is -0.0677. The lowest BCUT2D eigenvalue weighted by Crippen LogP contribution is -2.50. The van der Waals surface area contributed by atoms with Crippen LogP contribution in [0.25, 0.3) is 22.0 Å². The van der Waals surface area contributed by atoms with Crippen LogP contribution in [0, 0.1) is 11.3 Å². The van der Waals surface area contributed by atoms with Crippen LogP contribution in [0.3, 0.4) is 0 Å². The van der Waals surface area contributed by atoms with Gasteiger partial charge < -0.3 is 23.9 Å². The number of ether oxygens (including phenoxy) is 3. The van der Waals surface area contributed by atoms with Crippen molar-refractivity contribution in [2.75, 3.05) is 50.7 Å². The van der Waals surface area contributed by atoms with Gasteiger partial charge in [0.05, 0.1) is 42.4 Å². The smallest absolute Gasteiger partial charge is 0.162 e. The number of hydrogen-bond donors (Lipinski definition) is 1. The molecule has 9 nitrogen and oxygen atoms in total. The Morgan fingerprint density at radius 1 is 1.00 bits per heavy atom. The van der Waals surface area contributed by atoms with E-state index in [-0.39, 0.29) is 12.1 Å². The molecule has 1 N–H and O–H groups in total. The van der Waals surface area contributed by atoms with Crippen LogP contribution in [-0.4, -0.2) is 66.2 Å². The minimum Gasteiger partial charge on any atom is -0.496 e. The second-order valence-electron chi connectivity index (χ2n) is 11.4. The third-order valence-corrected chi connectivity index (χ3v) is 9.01. The highest BCUT2D eigenvalue weighted by Crippen LogP contribution is 2.40. The molecule has 1 saturated heterocycles. The van der Waals surface area contributed by atoms with E-state index in [2.05, 4.69) is 32.2 Å². The van der Waals surface area contributed by atoms with Crippen molar-refractivity contribution in [1.29, 1.82) is 5.26 Å². The average Bonchev–Trinajstić information content (AvgIpc) is 3.54. The number of piperazine rings is 1. The monoisotopic (exact) mass is 649 g/mol. The quantitative estimate of drug-likeness (QED) is 0.164. The summed E-state index contributed by atoms with van der Waals surface area (Å²) in [6.45, 7) is 5.11. The van der Waals surface area contributed by atoms with Crippen LogP contribution in [-0.2, 0) is 6.54 Å². The van der Waals surface area contributed by atoms with E-state index in [0.29, 0.717) is 45.1 Å². The molecule has 0 atom stereocenters. The van der Waals surface area contributed by atoms with Crippen molar-refractivity contribution < 1.29 is 18.6 Å². The fourth-order valence-corrected chi connectivity index (χ4v) is 6.71. The summed E-state index contributed by atoms with van der Waals surface area (Å²) in [5, 5.41) is 14.0. The minimum absolute atomic E-state index is 0.00166. The number of benzene rings is 2. The molecular formula is C34H37Cl2N5O4. The molecule has 2 aliphatic rings. The fourth-order valence-electron chi connectivity index (χ4n) is 6.46. The number of furan rings is 1. The lowest BCUT2D eigenvalue weighted by atomic mass is 9.94. The van der Waals surface area contributed by atoms with Crippen LogP contribution in [0.15, 0.2) is 53.3 Å². The Labute approximate surface area is 273 Å². The van der Waals surface area contributed by atoms with Gasteiger partial charge >= 0.3 is 0 Å². The van der Waals surface area contributed by atoms with Crippen LogP contribution in [0.2, 0.25) is 0 Å². The summed E-state index contributed by atoms with van der Waals surface area (Å²) >= 11 is 11.6. The van der Waals surface area contributed by atoms with Gasteiger partial charge in [0.2, 0.25) is 0 Å². The number of methoxy groups -OCH3 is 1. The van der Waals surface area contributed by atoms with E-state index in [1.165, 1.54) is 32.1 Å². The normalized spacial score (nSPS) is 16.4. The topological polar surface area (TPSA) is 96.0 Å².